The lowest BCUT2D eigenvalue weighted by atomic mass is 9.94. The van der Waals surface area contributed by atoms with E-state index in [4.69, 9.17) is 9.47 Å². The third kappa shape index (κ3) is 3.35. The van der Waals surface area contributed by atoms with Crippen LogP contribution in [0.5, 0.6) is 0 Å². The molecule has 0 amide bonds. The number of hydrogen-bond acceptors (Lipinski definition) is 4. The minimum Gasteiger partial charge on any atom is -0.452 e. The maximum Gasteiger partial charge on any atom is 0.338 e. The summed E-state index contributed by atoms with van der Waals surface area (Å²) in [4.78, 5) is 12.4. The van der Waals surface area contributed by atoms with Crippen molar-refractivity contribution in [3.8, 4) is 0 Å². The van der Waals surface area contributed by atoms with E-state index in [-0.39, 0.29) is 5.92 Å². The summed E-state index contributed by atoms with van der Waals surface area (Å²) in [5.41, 5.74) is 1.79. The molecule has 4 heteroatoms. The van der Waals surface area contributed by atoms with Crippen LogP contribution in [-0.2, 0) is 14.3 Å². The zero-order chi connectivity index (χ0) is 17.1. The summed E-state index contributed by atoms with van der Waals surface area (Å²) in [6.07, 6.45) is -2.86. The first kappa shape index (κ1) is 16.7. The predicted molar refractivity (Wildman–Crippen MR) is 90.2 cm³/mol. The smallest absolute Gasteiger partial charge is 0.338 e. The summed E-state index contributed by atoms with van der Waals surface area (Å²) in [6.45, 7) is 3.70. The van der Waals surface area contributed by atoms with Gasteiger partial charge in [-0.05, 0) is 17.0 Å². The van der Waals surface area contributed by atoms with Gasteiger partial charge in [0.15, 0.2) is 12.2 Å². The van der Waals surface area contributed by atoms with Gasteiger partial charge >= 0.3 is 5.97 Å². The molecule has 0 bridgehead atoms. The highest BCUT2D eigenvalue weighted by Crippen LogP contribution is 2.40. The quantitative estimate of drug-likeness (QED) is 0.875. The summed E-state index contributed by atoms with van der Waals surface area (Å²) in [5, 5.41) is 10.3. The number of carbonyl (C=O) groups is 1. The molecule has 1 aliphatic rings. The molecule has 2 aromatic carbocycles. The summed E-state index contributed by atoms with van der Waals surface area (Å²) >= 11 is 0. The Morgan fingerprint density at radius 2 is 1.38 bits per heavy atom. The molecular weight excluding hydrogens is 304 g/mol. The van der Waals surface area contributed by atoms with Crippen molar-refractivity contribution in [1.29, 1.82) is 0 Å². The Kier molecular flexibility index (Phi) is 4.97. The number of cyclic esters (lactones) is 1. The van der Waals surface area contributed by atoms with Crippen molar-refractivity contribution in [2.24, 2.45) is 5.92 Å². The van der Waals surface area contributed by atoms with Crippen molar-refractivity contribution < 1.29 is 19.4 Å². The Morgan fingerprint density at radius 1 is 0.875 bits per heavy atom. The van der Waals surface area contributed by atoms with Gasteiger partial charge < -0.3 is 14.6 Å². The second-order valence-corrected chi connectivity index (χ2v) is 6.39. The monoisotopic (exact) mass is 326 g/mol. The highest BCUT2D eigenvalue weighted by Gasteiger charge is 2.44. The number of benzene rings is 2. The second-order valence-electron chi connectivity index (χ2n) is 6.39. The first-order chi connectivity index (χ1) is 11.6. The Morgan fingerprint density at radius 3 is 1.88 bits per heavy atom. The zero-order valence-electron chi connectivity index (χ0n) is 13.8. The van der Waals surface area contributed by atoms with Gasteiger partial charge in [-0.1, -0.05) is 74.5 Å². The van der Waals surface area contributed by atoms with E-state index in [1.807, 2.05) is 74.5 Å². The van der Waals surface area contributed by atoms with Gasteiger partial charge in [-0.25, -0.2) is 4.79 Å². The predicted octanol–water partition coefficient (Wildman–Crippen LogP) is 3.43. The van der Waals surface area contributed by atoms with Crippen LogP contribution < -0.4 is 0 Å². The number of carbonyl (C=O) groups excluding carboxylic acids is 1. The highest BCUT2D eigenvalue weighted by atomic mass is 16.6. The Balaban J connectivity index is 1.96. The van der Waals surface area contributed by atoms with E-state index in [1.54, 1.807) is 0 Å². The number of aliphatic hydroxyl groups is 1. The van der Waals surface area contributed by atoms with Gasteiger partial charge in [-0.2, -0.15) is 0 Å². The van der Waals surface area contributed by atoms with Crippen molar-refractivity contribution in [2.75, 3.05) is 0 Å². The molecule has 4 nitrogen and oxygen atoms in total. The van der Waals surface area contributed by atoms with E-state index < -0.39 is 30.4 Å². The maximum atomic E-state index is 12.4. The molecule has 1 aliphatic heterocycles. The lowest BCUT2D eigenvalue weighted by molar-refractivity contribution is -0.219. The van der Waals surface area contributed by atoms with Crippen LogP contribution in [0.4, 0.5) is 0 Å². The van der Waals surface area contributed by atoms with Crippen LogP contribution in [0.3, 0.4) is 0 Å². The van der Waals surface area contributed by atoms with E-state index in [0.717, 1.165) is 11.1 Å². The van der Waals surface area contributed by atoms with Crippen LogP contribution in [0.15, 0.2) is 60.7 Å². The van der Waals surface area contributed by atoms with E-state index in [2.05, 4.69) is 0 Å². The molecule has 1 N–H and O–H groups in total. The Labute approximate surface area is 142 Å². The SMILES string of the molecule is CC(C)[C@H](O)[C@@H]1O[C@@H](c2ccccc2)[C@H](c2ccccc2)OC1=O. The molecule has 0 spiro atoms. The fraction of sp³-hybridized carbons (Fsp3) is 0.350. The van der Waals surface area contributed by atoms with Crippen molar-refractivity contribution >= 4 is 5.97 Å². The topological polar surface area (TPSA) is 55.8 Å². The fourth-order valence-electron chi connectivity index (χ4n) is 2.89. The molecule has 1 saturated heterocycles. The first-order valence-electron chi connectivity index (χ1n) is 8.22. The molecule has 0 aliphatic carbocycles. The highest BCUT2D eigenvalue weighted by molar-refractivity contribution is 5.76. The van der Waals surface area contributed by atoms with Gasteiger partial charge in [0.2, 0.25) is 0 Å². The van der Waals surface area contributed by atoms with Crippen molar-refractivity contribution in [3.63, 3.8) is 0 Å². The fourth-order valence-corrected chi connectivity index (χ4v) is 2.89. The number of aliphatic hydroxyl groups excluding tert-OH is 1. The molecule has 24 heavy (non-hydrogen) atoms. The normalized spacial score (nSPS) is 25.3. The van der Waals surface area contributed by atoms with E-state index >= 15 is 0 Å². The van der Waals surface area contributed by atoms with Crippen molar-refractivity contribution in [1.82, 2.24) is 0 Å². The molecule has 4 atom stereocenters. The van der Waals surface area contributed by atoms with Gasteiger partial charge in [0, 0.05) is 0 Å². The Bertz CT molecular complexity index is 669. The largest absolute Gasteiger partial charge is 0.452 e. The van der Waals surface area contributed by atoms with Gasteiger partial charge in [0.25, 0.3) is 0 Å². The third-order valence-electron chi connectivity index (χ3n) is 4.29. The first-order valence-corrected chi connectivity index (χ1v) is 8.22. The molecule has 1 heterocycles. The van der Waals surface area contributed by atoms with Crippen LogP contribution >= 0.6 is 0 Å². The zero-order valence-corrected chi connectivity index (χ0v) is 13.8. The molecule has 3 rings (SSSR count). The van der Waals surface area contributed by atoms with Crippen LogP contribution in [-0.4, -0.2) is 23.3 Å². The lowest BCUT2D eigenvalue weighted by Gasteiger charge is -2.38. The molecule has 0 radical (unpaired) electrons. The minimum absolute atomic E-state index is 0.104. The molecular formula is C20H22O4. The minimum atomic E-state index is -0.977. The summed E-state index contributed by atoms with van der Waals surface area (Å²) in [5.74, 6) is -0.621. The van der Waals surface area contributed by atoms with Crippen LogP contribution in [0.1, 0.15) is 37.2 Å². The number of rotatable bonds is 4. The van der Waals surface area contributed by atoms with E-state index in [9.17, 15) is 9.90 Å². The molecule has 1 fully saturated rings. The van der Waals surface area contributed by atoms with Gasteiger partial charge in [0.05, 0.1) is 6.10 Å². The molecule has 0 saturated carbocycles. The average Bonchev–Trinajstić information content (AvgIpc) is 2.62. The molecule has 126 valence electrons. The molecule has 0 unspecified atom stereocenters. The van der Waals surface area contributed by atoms with Gasteiger partial charge in [0.1, 0.15) is 6.10 Å². The van der Waals surface area contributed by atoms with Crippen LogP contribution in [0.25, 0.3) is 0 Å². The number of ether oxygens (including phenoxy) is 2. The average molecular weight is 326 g/mol. The van der Waals surface area contributed by atoms with Gasteiger partial charge in [-0.15, -0.1) is 0 Å². The van der Waals surface area contributed by atoms with Gasteiger partial charge in [-0.3, -0.25) is 0 Å². The summed E-state index contributed by atoms with van der Waals surface area (Å²) in [6, 6.07) is 19.2. The van der Waals surface area contributed by atoms with Crippen LogP contribution in [0.2, 0.25) is 0 Å². The molecule has 0 aromatic heterocycles. The third-order valence-corrected chi connectivity index (χ3v) is 4.29. The van der Waals surface area contributed by atoms with Crippen LogP contribution in [0, 0.1) is 5.92 Å². The van der Waals surface area contributed by atoms with Crippen molar-refractivity contribution in [3.05, 3.63) is 71.8 Å². The Hall–Kier alpha value is -2.17. The summed E-state index contributed by atoms with van der Waals surface area (Å²) < 4.78 is 11.7. The van der Waals surface area contributed by atoms with E-state index in [0.29, 0.717) is 0 Å². The van der Waals surface area contributed by atoms with Crippen molar-refractivity contribution in [2.45, 2.75) is 38.3 Å². The number of esters is 1. The maximum absolute atomic E-state index is 12.4. The lowest BCUT2D eigenvalue weighted by Crippen LogP contribution is -2.47. The van der Waals surface area contributed by atoms with E-state index in [1.165, 1.54) is 0 Å². The second kappa shape index (κ2) is 7.16. The molecule has 2 aromatic rings. The standard InChI is InChI=1S/C20H22O4/c1-13(2)16(21)19-20(22)24-18(15-11-7-4-8-12-15)17(23-19)14-9-5-3-6-10-14/h3-13,16-19,21H,1-2H3/t16-,17-,18-,19-/m0/s1. The number of hydrogen-bond donors (Lipinski definition) is 1. The summed E-state index contributed by atoms with van der Waals surface area (Å²) in [7, 11) is 0.